The molecule has 0 N–H and O–H groups in total. The molecule has 23 heavy (non-hydrogen) atoms. The minimum Gasteiger partial charge on any atom is -0.497 e. The van der Waals surface area contributed by atoms with E-state index in [4.69, 9.17) is 17.0 Å². The van der Waals surface area contributed by atoms with Crippen LogP contribution in [0.4, 0.5) is 5.69 Å². The summed E-state index contributed by atoms with van der Waals surface area (Å²) in [5.41, 5.74) is 1.66. The van der Waals surface area contributed by atoms with Gasteiger partial charge >= 0.3 is 0 Å². The molecule has 0 radical (unpaired) electrons. The lowest BCUT2D eigenvalue weighted by atomic mass is 10.2. The molecule has 0 bridgehead atoms. The average Bonchev–Trinajstić information content (AvgIpc) is 2.81. The molecule has 2 aromatic carbocycles. The molecule has 1 heterocycles. The second-order valence-electron chi connectivity index (χ2n) is 4.77. The second-order valence-corrected chi connectivity index (χ2v) is 7.37. The molecule has 0 aliphatic carbocycles. The molecule has 2 aromatic rings. The summed E-state index contributed by atoms with van der Waals surface area (Å²) in [7, 11) is 1.62. The van der Waals surface area contributed by atoms with Crippen LogP contribution >= 0.6 is 39.9 Å². The highest BCUT2D eigenvalue weighted by Gasteiger charge is 2.33. The first kappa shape index (κ1) is 16.2. The molecular weight excluding hydrogens is 394 g/mol. The molecule has 1 amide bonds. The number of carbonyl (C=O) groups excluding carboxylic acids is 1. The van der Waals surface area contributed by atoms with Gasteiger partial charge in [0, 0.05) is 4.47 Å². The van der Waals surface area contributed by atoms with Crippen LogP contribution in [-0.2, 0) is 4.79 Å². The highest BCUT2D eigenvalue weighted by atomic mass is 79.9. The van der Waals surface area contributed by atoms with Crippen LogP contribution in [0, 0.1) is 0 Å². The van der Waals surface area contributed by atoms with Crippen LogP contribution < -0.4 is 9.64 Å². The average molecular weight is 406 g/mol. The monoisotopic (exact) mass is 405 g/mol. The Morgan fingerprint density at radius 1 is 1.22 bits per heavy atom. The number of thioether (sulfide) groups is 1. The van der Waals surface area contributed by atoms with Crippen LogP contribution in [0.1, 0.15) is 5.56 Å². The molecule has 0 atom stereocenters. The van der Waals surface area contributed by atoms with Crippen LogP contribution in [0.3, 0.4) is 0 Å². The Kier molecular flexibility index (Phi) is 4.84. The number of thiocarbonyl (C=S) groups is 1. The van der Waals surface area contributed by atoms with E-state index >= 15 is 0 Å². The Labute approximate surface area is 152 Å². The number of rotatable bonds is 3. The van der Waals surface area contributed by atoms with E-state index in [1.165, 1.54) is 11.8 Å². The maximum atomic E-state index is 12.7. The number of carbonyl (C=O) groups is 1. The molecule has 1 aliphatic heterocycles. The van der Waals surface area contributed by atoms with Crippen molar-refractivity contribution >= 4 is 61.9 Å². The quantitative estimate of drug-likeness (QED) is 0.538. The first-order chi connectivity index (χ1) is 11.1. The van der Waals surface area contributed by atoms with Gasteiger partial charge in [0.15, 0.2) is 4.32 Å². The third-order valence-electron chi connectivity index (χ3n) is 3.25. The zero-order valence-corrected chi connectivity index (χ0v) is 15.4. The predicted octanol–water partition coefficient (Wildman–Crippen LogP) is 4.86. The summed E-state index contributed by atoms with van der Waals surface area (Å²) >= 11 is 10.1. The Hall–Kier alpha value is -1.63. The molecule has 6 heteroatoms. The molecule has 116 valence electrons. The van der Waals surface area contributed by atoms with Crippen molar-refractivity contribution in [2.24, 2.45) is 0 Å². The summed E-state index contributed by atoms with van der Waals surface area (Å²) in [6.07, 6.45) is 1.83. The number of amides is 1. The molecule has 0 spiro atoms. The van der Waals surface area contributed by atoms with E-state index in [1.807, 2.05) is 54.6 Å². The van der Waals surface area contributed by atoms with Crippen molar-refractivity contribution in [3.63, 3.8) is 0 Å². The van der Waals surface area contributed by atoms with Gasteiger partial charge in [0.25, 0.3) is 5.91 Å². The number of hydrogen-bond acceptors (Lipinski definition) is 4. The highest BCUT2D eigenvalue weighted by Crippen LogP contribution is 2.36. The first-order valence-corrected chi connectivity index (χ1v) is 8.78. The Morgan fingerprint density at radius 2 is 2.00 bits per heavy atom. The van der Waals surface area contributed by atoms with Crippen LogP contribution in [0.5, 0.6) is 5.75 Å². The lowest BCUT2D eigenvalue weighted by molar-refractivity contribution is -0.113. The molecule has 0 unspecified atom stereocenters. The van der Waals surface area contributed by atoms with E-state index in [9.17, 15) is 4.79 Å². The number of methoxy groups -OCH3 is 1. The fourth-order valence-corrected chi connectivity index (χ4v) is 3.87. The van der Waals surface area contributed by atoms with Crippen molar-refractivity contribution in [2.45, 2.75) is 0 Å². The number of hydrogen-bond donors (Lipinski definition) is 0. The predicted molar refractivity (Wildman–Crippen MR) is 103 cm³/mol. The van der Waals surface area contributed by atoms with E-state index < -0.39 is 0 Å². The third-order valence-corrected chi connectivity index (χ3v) is 5.05. The van der Waals surface area contributed by atoms with E-state index in [-0.39, 0.29) is 5.91 Å². The normalized spacial score (nSPS) is 16.3. The van der Waals surface area contributed by atoms with Crippen molar-refractivity contribution in [3.8, 4) is 5.75 Å². The lowest BCUT2D eigenvalue weighted by Gasteiger charge is -2.14. The van der Waals surface area contributed by atoms with Crippen molar-refractivity contribution in [3.05, 3.63) is 63.5 Å². The van der Waals surface area contributed by atoms with Crippen molar-refractivity contribution in [1.82, 2.24) is 0 Å². The van der Waals surface area contributed by atoms with Gasteiger partial charge in [-0.1, -0.05) is 58.1 Å². The number of anilines is 1. The van der Waals surface area contributed by atoms with Gasteiger partial charge in [0.1, 0.15) is 5.75 Å². The zero-order valence-electron chi connectivity index (χ0n) is 12.2. The Bertz CT molecular complexity index is 820. The van der Waals surface area contributed by atoms with E-state index in [0.717, 1.165) is 21.5 Å². The maximum Gasteiger partial charge on any atom is 0.270 e. The lowest BCUT2D eigenvalue weighted by Crippen LogP contribution is -2.27. The van der Waals surface area contributed by atoms with Gasteiger partial charge in [-0.25, -0.2) is 0 Å². The SMILES string of the molecule is COc1cccc(C=C2SC(=S)N(c3cccc(Br)c3)C2=O)c1. The zero-order chi connectivity index (χ0) is 16.4. The highest BCUT2D eigenvalue weighted by molar-refractivity contribution is 9.10. The van der Waals surface area contributed by atoms with Crippen LogP contribution in [-0.4, -0.2) is 17.3 Å². The Morgan fingerprint density at radius 3 is 2.74 bits per heavy atom. The van der Waals surface area contributed by atoms with E-state index in [0.29, 0.717) is 9.23 Å². The maximum absolute atomic E-state index is 12.7. The van der Waals surface area contributed by atoms with Gasteiger partial charge < -0.3 is 4.74 Å². The van der Waals surface area contributed by atoms with Crippen LogP contribution in [0.2, 0.25) is 0 Å². The minimum atomic E-state index is -0.110. The molecule has 3 nitrogen and oxygen atoms in total. The molecular formula is C17H12BrNO2S2. The van der Waals surface area contributed by atoms with Crippen molar-refractivity contribution in [1.29, 1.82) is 0 Å². The summed E-state index contributed by atoms with van der Waals surface area (Å²) in [6, 6.07) is 15.1. The van der Waals surface area contributed by atoms with E-state index in [2.05, 4.69) is 15.9 Å². The number of ether oxygens (including phenoxy) is 1. The van der Waals surface area contributed by atoms with Crippen molar-refractivity contribution in [2.75, 3.05) is 12.0 Å². The van der Waals surface area contributed by atoms with Gasteiger partial charge in [0.2, 0.25) is 0 Å². The number of benzene rings is 2. The fraction of sp³-hybridized carbons (Fsp3) is 0.0588. The molecule has 3 rings (SSSR count). The molecule has 0 aromatic heterocycles. The summed E-state index contributed by atoms with van der Waals surface area (Å²) in [5, 5.41) is 0. The number of halogens is 1. The van der Waals surface area contributed by atoms with Gasteiger partial charge in [-0.15, -0.1) is 0 Å². The van der Waals surface area contributed by atoms with Gasteiger partial charge in [0.05, 0.1) is 17.7 Å². The molecule has 1 aliphatic rings. The number of nitrogens with zero attached hydrogens (tertiary/aromatic N) is 1. The fourth-order valence-electron chi connectivity index (χ4n) is 2.19. The first-order valence-electron chi connectivity index (χ1n) is 6.76. The summed E-state index contributed by atoms with van der Waals surface area (Å²) in [6.45, 7) is 0. The minimum absolute atomic E-state index is 0.110. The summed E-state index contributed by atoms with van der Waals surface area (Å²) < 4.78 is 6.64. The topological polar surface area (TPSA) is 29.5 Å². The Balaban J connectivity index is 1.93. The largest absolute Gasteiger partial charge is 0.497 e. The molecule has 0 saturated carbocycles. The standard InChI is InChI=1S/C17H12BrNO2S2/c1-21-14-7-2-4-11(8-14)9-15-16(20)19(17(22)23-15)13-6-3-5-12(18)10-13/h2-10H,1H3. The van der Waals surface area contributed by atoms with Gasteiger partial charge in [-0.2, -0.15) is 0 Å². The third kappa shape index (κ3) is 3.49. The summed E-state index contributed by atoms with van der Waals surface area (Å²) in [4.78, 5) is 14.8. The molecule has 1 saturated heterocycles. The van der Waals surface area contributed by atoms with Gasteiger partial charge in [-0.3, -0.25) is 9.69 Å². The van der Waals surface area contributed by atoms with Gasteiger partial charge in [-0.05, 0) is 42.0 Å². The van der Waals surface area contributed by atoms with E-state index in [1.54, 1.807) is 12.0 Å². The van der Waals surface area contributed by atoms with Crippen LogP contribution in [0.25, 0.3) is 6.08 Å². The van der Waals surface area contributed by atoms with Crippen molar-refractivity contribution < 1.29 is 9.53 Å². The smallest absolute Gasteiger partial charge is 0.270 e. The summed E-state index contributed by atoms with van der Waals surface area (Å²) in [5.74, 6) is 0.641. The van der Waals surface area contributed by atoms with Crippen LogP contribution in [0.15, 0.2) is 57.9 Å². The second kappa shape index (κ2) is 6.86. The molecule has 1 fully saturated rings.